The van der Waals surface area contributed by atoms with Crippen LogP contribution in [-0.4, -0.2) is 19.9 Å². The van der Waals surface area contributed by atoms with Crippen molar-refractivity contribution < 1.29 is 8.42 Å². The van der Waals surface area contributed by atoms with Gasteiger partial charge in [0.1, 0.15) is 5.25 Å². The van der Waals surface area contributed by atoms with Gasteiger partial charge in [-0.25, -0.2) is 8.42 Å². The Labute approximate surface area is 117 Å². The molecule has 0 spiro atoms. The quantitative estimate of drug-likeness (QED) is 0.939. The van der Waals surface area contributed by atoms with Gasteiger partial charge in [-0.2, -0.15) is 0 Å². The summed E-state index contributed by atoms with van der Waals surface area (Å²) >= 11 is 5.76. The summed E-state index contributed by atoms with van der Waals surface area (Å²) in [6, 6.07) is 9.46. The molecule has 4 nitrogen and oxygen atoms in total. The van der Waals surface area contributed by atoms with Gasteiger partial charge in [-0.05, 0) is 35.9 Å². The molecule has 0 radical (unpaired) electrons. The second-order valence-corrected chi connectivity index (χ2v) is 6.58. The first-order chi connectivity index (χ1) is 9.05. The van der Waals surface area contributed by atoms with Crippen molar-refractivity contribution in [3.63, 3.8) is 0 Å². The number of pyridine rings is 1. The molecule has 0 bridgehead atoms. The van der Waals surface area contributed by atoms with Gasteiger partial charge >= 0.3 is 0 Å². The maximum atomic E-state index is 12.5. The van der Waals surface area contributed by atoms with E-state index >= 15 is 0 Å². The lowest BCUT2D eigenvalue weighted by Crippen LogP contribution is -2.22. The molecule has 1 aromatic carbocycles. The van der Waals surface area contributed by atoms with Crippen molar-refractivity contribution in [1.82, 2.24) is 4.98 Å². The molecule has 1 heterocycles. The van der Waals surface area contributed by atoms with Crippen LogP contribution in [0.1, 0.15) is 10.8 Å². The molecule has 1 atom stereocenters. The van der Waals surface area contributed by atoms with Crippen LogP contribution in [0, 0.1) is 0 Å². The van der Waals surface area contributed by atoms with Crippen molar-refractivity contribution in [3.8, 4) is 0 Å². The number of aromatic nitrogens is 1. The molecule has 0 fully saturated rings. The molecule has 0 aliphatic carbocycles. The highest BCUT2D eigenvalue weighted by atomic mass is 35.5. The monoisotopic (exact) mass is 296 g/mol. The summed E-state index contributed by atoms with van der Waals surface area (Å²) in [5.74, 6) is 0. The Balaban J connectivity index is 2.45. The summed E-state index contributed by atoms with van der Waals surface area (Å²) in [5.41, 5.74) is 6.21. The largest absolute Gasteiger partial charge is 0.329 e. The van der Waals surface area contributed by atoms with Gasteiger partial charge in [-0.1, -0.05) is 17.7 Å². The van der Waals surface area contributed by atoms with Crippen molar-refractivity contribution >= 4 is 21.4 Å². The molecule has 2 rings (SSSR count). The highest BCUT2D eigenvalue weighted by Crippen LogP contribution is 2.28. The van der Waals surface area contributed by atoms with E-state index in [2.05, 4.69) is 4.98 Å². The number of sulfone groups is 1. The fourth-order valence-electron chi connectivity index (χ4n) is 1.80. The number of nitrogens with two attached hydrogens (primary N) is 1. The summed E-state index contributed by atoms with van der Waals surface area (Å²) in [6.07, 6.45) is 3.11. The first-order valence-electron chi connectivity index (χ1n) is 5.65. The Bertz CT molecular complexity index is 642. The van der Waals surface area contributed by atoms with Crippen LogP contribution < -0.4 is 5.73 Å². The van der Waals surface area contributed by atoms with Crippen LogP contribution in [0.3, 0.4) is 0 Å². The fraction of sp³-hybridized carbons (Fsp3) is 0.154. The lowest BCUT2D eigenvalue weighted by molar-refractivity contribution is 0.582. The van der Waals surface area contributed by atoms with E-state index in [1.165, 1.54) is 18.3 Å². The van der Waals surface area contributed by atoms with Crippen LogP contribution in [0.2, 0.25) is 5.02 Å². The smallest absolute Gasteiger partial charge is 0.186 e. The number of hydrogen-bond acceptors (Lipinski definition) is 4. The second-order valence-electron chi connectivity index (χ2n) is 4.01. The maximum absolute atomic E-state index is 12.5. The van der Waals surface area contributed by atoms with E-state index in [0.717, 1.165) is 0 Å². The number of nitrogens with zero attached hydrogens (tertiary/aromatic N) is 1. The van der Waals surface area contributed by atoms with E-state index in [4.69, 9.17) is 17.3 Å². The molecule has 6 heteroatoms. The van der Waals surface area contributed by atoms with E-state index in [1.54, 1.807) is 30.5 Å². The van der Waals surface area contributed by atoms with Gasteiger partial charge in [0.25, 0.3) is 0 Å². The van der Waals surface area contributed by atoms with Crippen LogP contribution in [-0.2, 0) is 9.84 Å². The SMILES string of the molecule is NC[C@H](c1cccnc1)S(=O)(=O)c1ccc(Cl)cc1. The average molecular weight is 297 g/mol. The van der Waals surface area contributed by atoms with Crippen molar-refractivity contribution in [3.05, 3.63) is 59.4 Å². The standard InChI is InChI=1S/C13H13ClN2O2S/c14-11-3-5-12(6-4-11)19(17,18)13(8-15)10-2-1-7-16-9-10/h1-7,9,13H,8,15H2/t13-/m1/s1. The predicted octanol–water partition coefficient (Wildman–Crippen LogP) is 2.21. The van der Waals surface area contributed by atoms with Gasteiger partial charge < -0.3 is 5.73 Å². The molecular weight excluding hydrogens is 284 g/mol. The number of halogens is 1. The van der Waals surface area contributed by atoms with Crippen LogP contribution in [0.4, 0.5) is 0 Å². The molecule has 0 amide bonds. The molecular formula is C13H13ClN2O2S. The first kappa shape index (κ1) is 14.0. The Hall–Kier alpha value is -1.43. The molecule has 0 aliphatic rings. The minimum atomic E-state index is -3.54. The summed E-state index contributed by atoms with van der Waals surface area (Å²) in [5, 5.41) is -0.313. The lowest BCUT2D eigenvalue weighted by Gasteiger charge is -2.15. The van der Waals surface area contributed by atoms with E-state index in [-0.39, 0.29) is 11.4 Å². The van der Waals surface area contributed by atoms with Crippen molar-refractivity contribution in [2.24, 2.45) is 5.73 Å². The molecule has 0 aliphatic heterocycles. The first-order valence-corrected chi connectivity index (χ1v) is 7.57. The van der Waals surface area contributed by atoms with Gasteiger partial charge in [-0.15, -0.1) is 0 Å². The van der Waals surface area contributed by atoms with Crippen molar-refractivity contribution in [1.29, 1.82) is 0 Å². The molecule has 19 heavy (non-hydrogen) atoms. The lowest BCUT2D eigenvalue weighted by atomic mass is 10.2. The van der Waals surface area contributed by atoms with Gasteiger partial charge in [-0.3, -0.25) is 4.98 Å². The van der Waals surface area contributed by atoms with Crippen LogP contribution in [0.5, 0.6) is 0 Å². The minimum absolute atomic E-state index is 0.00332. The van der Waals surface area contributed by atoms with E-state index in [9.17, 15) is 8.42 Å². The maximum Gasteiger partial charge on any atom is 0.186 e. The van der Waals surface area contributed by atoms with E-state index in [1.807, 2.05) is 0 Å². The third kappa shape index (κ3) is 2.94. The van der Waals surface area contributed by atoms with Crippen LogP contribution >= 0.6 is 11.6 Å². The van der Waals surface area contributed by atoms with Crippen LogP contribution in [0.25, 0.3) is 0 Å². The zero-order chi connectivity index (χ0) is 13.9. The van der Waals surface area contributed by atoms with E-state index in [0.29, 0.717) is 10.6 Å². The normalized spacial score (nSPS) is 13.2. The Kier molecular flexibility index (Phi) is 4.19. The zero-order valence-electron chi connectivity index (χ0n) is 10.0. The highest BCUT2D eigenvalue weighted by Gasteiger charge is 2.27. The summed E-state index contributed by atoms with van der Waals surface area (Å²) in [4.78, 5) is 4.14. The predicted molar refractivity (Wildman–Crippen MR) is 74.7 cm³/mol. The summed E-state index contributed by atoms with van der Waals surface area (Å²) < 4.78 is 25.0. The average Bonchev–Trinajstić information content (AvgIpc) is 2.41. The van der Waals surface area contributed by atoms with Gasteiger partial charge in [0.2, 0.25) is 0 Å². The third-order valence-corrected chi connectivity index (χ3v) is 5.18. The topological polar surface area (TPSA) is 73.0 Å². The Morgan fingerprint density at radius 3 is 2.42 bits per heavy atom. The zero-order valence-corrected chi connectivity index (χ0v) is 11.6. The van der Waals surface area contributed by atoms with Crippen LogP contribution in [0.15, 0.2) is 53.7 Å². The van der Waals surface area contributed by atoms with Crippen molar-refractivity contribution in [2.45, 2.75) is 10.1 Å². The third-order valence-electron chi connectivity index (χ3n) is 2.79. The molecule has 100 valence electrons. The van der Waals surface area contributed by atoms with Gasteiger partial charge in [0.05, 0.1) is 4.90 Å². The molecule has 2 aromatic rings. The molecule has 1 aromatic heterocycles. The van der Waals surface area contributed by atoms with E-state index < -0.39 is 15.1 Å². The Morgan fingerprint density at radius 1 is 1.21 bits per heavy atom. The Morgan fingerprint density at radius 2 is 1.89 bits per heavy atom. The number of benzene rings is 1. The highest BCUT2D eigenvalue weighted by molar-refractivity contribution is 7.91. The molecule has 0 unspecified atom stereocenters. The second kappa shape index (κ2) is 5.69. The molecule has 0 saturated heterocycles. The number of rotatable bonds is 4. The molecule has 0 saturated carbocycles. The number of hydrogen-bond donors (Lipinski definition) is 1. The molecule has 2 N–H and O–H groups in total. The van der Waals surface area contributed by atoms with Gasteiger partial charge in [0.15, 0.2) is 9.84 Å². The van der Waals surface area contributed by atoms with Crippen molar-refractivity contribution in [2.75, 3.05) is 6.54 Å². The minimum Gasteiger partial charge on any atom is -0.329 e. The van der Waals surface area contributed by atoms with Gasteiger partial charge in [0, 0.05) is 24.0 Å². The fourth-order valence-corrected chi connectivity index (χ4v) is 3.52. The summed E-state index contributed by atoms with van der Waals surface area (Å²) in [6.45, 7) is -0.00332. The summed E-state index contributed by atoms with van der Waals surface area (Å²) in [7, 11) is -3.54.